The molecule has 1 aliphatic heterocycles. The fourth-order valence-corrected chi connectivity index (χ4v) is 9.79. The van der Waals surface area contributed by atoms with Gasteiger partial charge in [0.25, 0.3) is 0 Å². The molecule has 0 saturated carbocycles. The summed E-state index contributed by atoms with van der Waals surface area (Å²) in [5.74, 6) is -3.66. The Labute approximate surface area is 394 Å². The number of carboxylic acid groups (broad SMARTS) is 1. The minimum Gasteiger partial charge on any atom is -0.481 e. The van der Waals surface area contributed by atoms with E-state index in [1.807, 2.05) is 107 Å². The van der Waals surface area contributed by atoms with Crippen molar-refractivity contribution >= 4 is 35.5 Å². The second-order valence-electron chi connectivity index (χ2n) is 18.9. The molecule has 66 heavy (non-hydrogen) atoms. The van der Waals surface area contributed by atoms with Crippen LogP contribution < -0.4 is 10.6 Å². The van der Waals surface area contributed by atoms with Gasteiger partial charge in [-0.1, -0.05) is 116 Å². The van der Waals surface area contributed by atoms with Gasteiger partial charge in [0.2, 0.25) is 29.5 Å². The molecule has 0 bridgehead atoms. The number of nitrogens with zero attached hydrogens (tertiary/aromatic N) is 4. The average molecular weight is 921 g/mol. The van der Waals surface area contributed by atoms with Crippen LogP contribution in [0.25, 0.3) is 0 Å². The van der Waals surface area contributed by atoms with Crippen LogP contribution in [0.2, 0.25) is 0 Å². The van der Waals surface area contributed by atoms with Gasteiger partial charge in [-0.2, -0.15) is 0 Å². The third-order valence-corrected chi connectivity index (χ3v) is 13.3. The molecule has 9 atom stereocenters. The van der Waals surface area contributed by atoms with Crippen molar-refractivity contribution in [3.8, 4) is 0 Å². The number of carboxylic acids is 1. The van der Waals surface area contributed by atoms with Gasteiger partial charge in [0.05, 0.1) is 42.7 Å². The molecule has 0 radical (unpaired) electrons. The van der Waals surface area contributed by atoms with Crippen LogP contribution in [0.4, 0.5) is 0 Å². The van der Waals surface area contributed by atoms with Gasteiger partial charge >= 0.3 is 5.97 Å². The number of amides is 5. The molecule has 1 aliphatic rings. The molecule has 15 heteroatoms. The van der Waals surface area contributed by atoms with E-state index >= 15 is 0 Å². The van der Waals surface area contributed by atoms with Crippen LogP contribution in [0.15, 0.2) is 60.7 Å². The van der Waals surface area contributed by atoms with E-state index in [1.165, 1.54) is 0 Å². The average Bonchev–Trinajstić information content (AvgIpc) is 3.75. The molecule has 368 valence electrons. The monoisotopic (exact) mass is 921 g/mol. The first-order chi connectivity index (χ1) is 31.3. The lowest BCUT2D eigenvalue weighted by Gasteiger charge is -2.43. The number of aliphatic carboxylic acids is 1. The molecule has 0 spiro atoms. The van der Waals surface area contributed by atoms with Crippen LogP contribution in [0, 0.1) is 23.7 Å². The number of rotatable bonds is 27. The van der Waals surface area contributed by atoms with Crippen LogP contribution in [0.5, 0.6) is 0 Å². The summed E-state index contributed by atoms with van der Waals surface area (Å²) in [7, 11) is 8.45. The number of ether oxygens (including phenoxy) is 2. The van der Waals surface area contributed by atoms with Gasteiger partial charge in [-0.15, -0.1) is 0 Å². The van der Waals surface area contributed by atoms with Gasteiger partial charge in [0, 0.05) is 53.2 Å². The molecule has 3 rings (SSSR count). The molecule has 0 unspecified atom stereocenters. The van der Waals surface area contributed by atoms with Gasteiger partial charge < -0.3 is 29.7 Å². The predicted molar refractivity (Wildman–Crippen MR) is 256 cm³/mol. The SMILES string of the molecule is CC[C@H](C)[C@@H]([C@@H](CC(=O)N1CCC[C@H]1[C@H](OC)[C@@H](C)C(=O)N[C@@H](Cc1ccccc1)C(=O)N(C)Cc1ccccc1)OC)N(C)[C@H](C(=O)NC(=O)[C@H](C(C)C)N(C)CCCC(=O)O)C(C)C. The molecule has 3 N–H and O–H groups in total. The lowest BCUT2D eigenvalue weighted by molar-refractivity contribution is -0.145. The molecule has 2 aromatic rings. The van der Waals surface area contributed by atoms with Crippen LogP contribution in [-0.2, 0) is 51.2 Å². The quantitative estimate of drug-likeness (QED) is 0.107. The standard InChI is InChI=1S/C51H80N6O9/c1-13-35(6)46(56(10)45(34(4)5)50(63)53-49(62)44(33(2)3)54(8)28-21-27-43(59)60)41(65-11)31-42(58)57-29-20-26-40(57)47(66-12)36(7)48(61)52-39(30-37-22-16-14-17-23-37)51(64)55(9)32-38-24-18-15-19-25-38/h14-19,22-25,33-36,39-41,44-47H,13,20-21,26-32H2,1-12H3,(H,52,61)(H,59,60)(H,53,62,63)/t35-,36+,39-,40-,41+,44-,45-,46-,47+/m0/s1. The van der Waals surface area contributed by atoms with Gasteiger partial charge in [-0.25, -0.2) is 0 Å². The summed E-state index contributed by atoms with van der Waals surface area (Å²) in [5, 5.41) is 14.9. The lowest BCUT2D eigenvalue weighted by atomic mass is 9.87. The largest absolute Gasteiger partial charge is 0.481 e. The fourth-order valence-electron chi connectivity index (χ4n) is 9.79. The maximum Gasteiger partial charge on any atom is 0.303 e. The highest BCUT2D eigenvalue weighted by atomic mass is 16.5. The van der Waals surface area contributed by atoms with Crippen LogP contribution in [0.1, 0.15) is 98.1 Å². The van der Waals surface area contributed by atoms with Crippen molar-refractivity contribution < 1.29 is 43.3 Å². The minimum absolute atomic E-state index is 0.00663. The number of carbonyl (C=O) groups excluding carboxylic acids is 5. The Kier molecular flexibility index (Phi) is 22.9. The Bertz CT molecular complexity index is 1850. The first-order valence-electron chi connectivity index (χ1n) is 23.7. The third kappa shape index (κ3) is 15.7. The first kappa shape index (κ1) is 55.6. The van der Waals surface area contributed by atoms with E-state index in [0.29, 0.717) is 45.3 Å². The Balaban J connectivity index is 1.81. The zero-order valence-corrected chi connectivity index (χ0v) is 41.7. The van der Waals surface area contributed by atoms with Crippen molar-refractivity contribution in [1.82, 2.24) is 30.2 Å². The predicted octanol–water partition coefficient (Wildman–Crippen LogP) is 5.25. The molecule has 0 aliphatic carbocycles. The van der Waals surface area contributed by atoms with Crippen molar-refractivity contribution in [2.75, 3.05) is 48.5 Å². The number of hydrogen-bond donors (Lipinski definition) is 3. The van der Waals surface area contributed by atoms with Crippen LogP contribution in [-0.4, -0.2) is 151 Å². The van der Waals surface area contributed by atoms with Crippen molar-refractivity contribution in [2.24, 2.45) is 23.7 Å². The Hall–Kier alpha value is -4.70. The van der Waals surface area contributed by atoms with Crippen molar-refractivity contribution in [2.45, 2.75) is 142 Å². The summed E-state index contributed by atoms with van der Waals surface area (Å²) in [6.07, 6.45) is 1.41. The van der Waals surface area contributed by atoms with Crippen molar-refractivity contribution in [1.29, 1.82) is 0 Å². The fraction of sp³-hybridized carbons (Fsp3) is 0.647. The number of imide groups is 1. The summed E-state index contributed by atoms with van der Waals surface area (Å²) in [4.78, 5) is 88.9. The molecular formula is C51H80N6O9. The van der Waals surface area contributed by atoms with E-state index < -0.39 is 66.1 Å². The molecular weight excluding hydrogens is 841 g/mol. The van der Waals surface area contributed by atoms with Crippen molar-refractivity contribution in [3.05, 3.63) is 71.8 Å². The molecule has 15 nitrogen and oxygen atoms in total. The number of carbonyl (C=O) groups is 6. The van der Waals surface area contributed by atoms with Gasteiger partial charge in [0.1, 0.15) is 6.04 Å². The summed E-state index contributed by atoms with van der Waals surface area (Å²) in [5.41, 5.74) is 1.88. The molecule has 1 fully saturated rings. The number of hydrogen-bond acceptors (Lipinski definition) is 10. The topological polar surface area (TPSA) is 178 Å². The van der Waals surface area contributed by atoms with Crippen molar-refractivity contribution in [3.63, 3.8) is 0 Å². The molecule has 2 aromatic carbocycles. The zero-order chi connectivity index (χ0) is 49.2. The van der Waals surface area contributed by atoms with Gasteiger partial charge in [0.15, 0.2) is 0 Å². The van der Waals surface area contributed by atoms with E-state index in [2.05, 4.69) is 17.6 Å². The third-order valence-electron chi connectivity index (χ3n) is 13.3. The van der Waals surface area contributed by atoms with E-state index in [-0.39, 0.29) is 48.3 Å². The minimum atomic E-state index is -0.908. The summed E-state index contributed by atoms with van der Waals surface area (Å²) >= 11 is 0. The maximum absolute atomic E-state index is 14.5. The highest BCUT2D eigenvalue weighted by molar-refractivity contribution is 6.00. The van der Waals surface area contributed by atoms with Gasteiger partial charge in [-0.05, 0) is 68.8 Å². The zero-order valence-electron chi connectivity index (χ0n) is 41.7. The highest BCUT2D eigenvalue weighted by Crippen LogP contribution is 2.31. The normalized spacial score (nSPS) is 17.8. The number of methoxy groups -OCH3 is 2. The molecule has 0 aromatic heterocycles. The van der Waals surface area contributed by atoms with E-state index in [4.69, 9.17) is 14.6 Å². The molecule has 1 heterocycles. The maximum atomic E-state index is 14.5. The summed E-state index contributed by atoms with van der Waals surface area (Å²) in [6, 6.07) is 16.2. The Morgan fingerprint density at radius 3 is 1.91 bits per heavy atom. The Morgan fingerprint density at radius 2 is 1.38 bits per heavy atom. The number of nitrogens with one attached hydrogen (secondary N) is 2. The van der Waals surface area contributed by atoms with Crippen LogP contribution in [0.3, 0.4) is 0 Å². The van der Waals surface area contributed by atoms with E-state index in [1.54, 1.807) is 49.9 Å². The number of likely N-dealkylation sites (tertiary alicyclic amines) is 1. The second-order valence-corrected chi connectivity index (χ2v) is 18.9. The smallest absolute Gasteiger partial charge is 0.303 e. The Morgan fingerprint density at radius 1 is 0.803 bits per heavy atom. The van der Waals surface area contributed by atoms with E-state index in [9.17, 15) is 28.8 Å². The first-order valence-corrected chi connectivity index (χ1v) is 23.7. The lowest BCUT2D eigenvalue weighted by Crippen LogP contribution is -2.60. The second kappa shape index (κ2) is 27.2. The number of benzene rings is 2. The summed E-state index contributed by atoms with van der Waals surface area (Å²) < 4.78 is 12.2. The van der Waals surface area contributed by atoms with Crippen LogP contribution >= 0.6 is 0 Å². The van der Waals surface area contributed by atoms with Gasteiger partial charge in [-0.3, -0.25) is 43.9 Å². The van der Waals surface area contributed by atoms with E-state index in [0.717, 1.165) is 17.5 Å². The highest BCUT2D eigenvalue weighted by Gasteiger charge is 2.44. The summed E-state index contributed by atoms with van der Waals surface area (Å²) in [6.45, 7) is 14.7. The number of likely N-dealkylation sites (N-methyl/N-ethyl adjacent to an activating group) is 3. The molecule has 5 amide bonds. The molecule has 1 saturated heterocycles.